The SMILES string of the molecule is O=C(NCc1cn[nH]n1)Nc1ccccc1-c1ccccc1. The first-order valence-corrected chi connectivity index (χ1v) is 6.87. The number of carbonyl (C=O) groups excluding carboxylic acids is 1. The number of urea groups is 1. The predicted octanol–water partition coefficient (Wildman–Crippen LogP) is 2.79. The topological polar surface area (TPSA) is 82.7 Å². The van der Waals surface area contributed by atoms with Gasteiger partial charge in [-0.2, -0.15) is 15.4 Å². The fourth-order valence-electron chi connectivity index (χ4n) is 2.11. The summed E-state index contributed by atoms with van der Waals surface area (Å²) in [6, 6.07) is 17.3. The van der Waals surface area contributed by atoms with Crippen LogP contribution in [0.15, 0.2) is 60.8 Å². The number of nitrogens with one attached hydrogen (secondary N) is 3. The Balaban J connectivity index is 1.71. The van der Waals surface area contributed by atoms with E-state index in [0.29, 0.717) is 12.2 Å². The molecule has 0 atom stereocenters. The summed E-state index contributed by atoms with van der Waals surface area (Å²) in [6.07, 6.45) is 1.57. The molecule has 0 radical (unpaired) electrons. The Bertz CT molecular complexity index is 740. The molecule has 6 heteroatoms. The summed E-state index contributed by atoms with van der Waals surface area (Å²) in [5.74, 6) is 0. The van der Waals surface area contributed by atoms with Crippen molar-refractivity contribution >= 4 is 11.7 Å². The van der Waals surface area contributed by atoms with Gasteiger partial charge < -0.3 is 10.6 Å². The second kappa shape index (κ2) is 6.53. The number of hydrogen-bond donors (Lipinski definition) is 3. The molecule has 1 heterocycles. The Hall–Kier alpha value is -3.15. The molecule has 0 bridgehead atoms. The van der Waals surface area contributed by atoms with Gasteiger partial charge in [-0.3, -0.25) is 0 Å². The maximum absolute atomic E-state index is 12.0. The lowest BCUT2D eigenvalue weighted by Gasteiger charge is -2.11. The highest BCUT2D eigenvalue weighted by Crippen LogP contribution is 2.27. The normalized spacial score (nSPS) is 10.2. The number of nitrogens with zero attached hydrogens (tertiary/aromatic N) is 2. The van der Waals surface area contributed by atoms with Gasteiger partial charge in [-0.15, -0.1) is 0 Å². The number of rotatable bonds is 4. The Morgan fingerprint density at radius 2 is 1.82 bits per heavy atom. The van der Waals surface area contributed by atoms with E-state index < -0.39 is 0 Å². The van der Waals surface area contributed by atoms with Crippen LogP contribution in [0.4, 0.5) is 10.5 Å². The van der Waals surface area contributed by atoms with Gasteiger partial charge in [0.05, 0.1) is 18.4 Å². The van der Waals surface area contributed by atoms with Crippen molar-refractivity contribution in [3.05, 3.63) is 66.5 Å². The third-order valence-electron chi connectivity index (χ3n) is 3.16. The molecule has 0 aliphatic rings. The van der Waals surface area contributed by atoms with Crippen molar-refractivity contribution in [1.29, 1.82) is 0 Å². The third kappa shape index (κ3) is 3.29. The van der Waals surface area contributed by atoms with Gasteiger partial charge in [-0.25, -0.2) is 4.79 Å². The Morgan fingerprint density at radius 3 is 2.59 bits per heavy atom. The zero-order chi connectivity index (χ0) is 15.2. The molecule has 0 saturated carbocycles. The Labute approximate surface area is 127 Å². The molecule has 0 unspecified atom stereocenters. The Morgan fingerprint density at radius 1 is 1.05 bits per heavy atom. The average molecular weight is 293 g/mol. The molecule has 2 aromatic carbocycles. The van der Waals surface area contributed by atoms with Crippen molar-refractivity contribution in [3.63, 3.8) is 0 Å². The van der Waals surface area contributed by atoms with E-state index in [1.54, 1.807) is 6.20 Å². The van der Waals surface area contributed by atoms with Gasteiger partial charge in [0, 0.05) is 5.56 Å². The minimum Gasteiger partial charge on any atom is -0.332 e. The molecule has 1 aromatic heterocycles. The van der Waals surface area contributed by atoms with Gasteiger partial charge in [-0.05, 0) is 11.6 Å². The number of anilines is 1. The zero-order valence-corrected chi connectivity index (χ0v) is 11.8. The first-order chi connectivity index (χ1) is 10.8. The summed E-state index contributed by atoms with van der Waals surface area (Å²) in [7, 11) is 0. The van der Waals surface area contributed by atoms with E-state index in [-0.39, 0.29) is 6.03 Å². The number of carbonyl (C=O) groups is 1. The van der Waals surface area contributed by atoms with E-state index in [0.717, 1.165) is 16.8 Å². The first kappa shape index (κ1) is 13.8. The monoisotopic (exact) mass is 293 g/mol. The lowest BCUT2D eigenvalue weighted by molar-refractivity contribution is 0.251. The van der Waals surface area contributed by atoms with Crippen LogP contribution in [0.1, 0.15) is 5.69 Å². The molecule has 2 amide bonds. The van der Waals surface area contributed by atoms with Crippen molar-refractivity contribution in [1.82, 2.24) is 20.7 Å². The molecule has 110 valence electrons. The van der Waals surface area contributed by atoms with E-state index in [1.165, 1.54) is 0 Å². The summed E-state index contributed by atoms with van der Waals surface area (Å²) in [4.78, 5) is 12.0. The summed E-state index contributed by atoms with van der Waals surface area (Å²) in [5, 5.41) is 15.7. The number of amides is 2. The van der Waals surface area contributed by atoms with Crippen LogP contribution in [-0.4, -0.2) is 21.4 Å². The van der Waals surface area contributed by atoms with Gasteiger partial charge in [0.15, 0.2) is 0 Å². The van der Waals surface area contributed by atoms with E-state index in [4.69, 9.17) is 0 Å². The van der Waals surface area contributed by atoms with Crippen molar-refractivity contribution in [3.8, 4) is 11.1 Å². The van der Waals surface area contributed by atoms with Gasteiger partial charge >= 0.3 is 6.03 Å². The second-order valence-electron chi connectivity index (χ2n) is 4.68. The number of aromatic nitrogens is 3. The fraction of sp³-hybridized carbons (Fsp3) is 0.0625. The van der Waals surface area contributed by atoms with Gasteiger partial charge in [-0.1, -0.05) is 48.5 Å². The van der Waals surface area contributed by atoms with Crippen LogP contribution in [0, 0.1) is 0 Å². The molecular formula is C16H15N5O. The largest absolute Gasteiger partial charge is 0.332 e. The minimum atomic E-state index is -0.286. The zero-order valence-electron chi connectivity index (χ0n) is 11.8. The van der Waals surface area contributed by atoms with Gasteiger partial charge in [0.25, 0.3) is 0 Å². The fourth-order valence-corrected chi connectivity index (χ4v) is 2.11. The standard InChI is InChI=1S/C16H15N5O/c22-16(17-10-13-11-18-21-20-13)19-15-9-5-4-8-14(15)12-6-2-1-3-7-12/h1-9,11H,10H2,(H2,17,19,22)(H,18,20,21). The van der Waals surface area contributed by atoms with Crippen LogP contribution in [0.3, 0.4) is 0 Å². The molecular weight excluding hydrogens is 278 g/mol. The summed E-state index contributed by atoms with van der Waals surface area (Å²) in [5.41, 5.74) is 3.45. The van der Waals surface area contributed by atoms with Crippen molar-refractivity contribution < 1.29 is 4.79 Å². The van der Waals surface area contributed by atoms with Crippen LogP contribution in [0.5, 0.6) is 0 Å². The first-order valence-electron chi connectivity index (χ1n) is 6.87. The highest BCUT2D eigenvalue weighted by Gasteiger charge is 2.08. The third-order valence-corrected chi connectivity index (χ3v) is 3.16. The smallest absolute Gasteiger partial charge is 0.319 e. The molecule has 6 nitrogen and oxygen atoms in total. The van der Waals surface area contributed by atoms with Gasteiger partial charge in [0.1, 0.15) is 5.69 Å². The molecule has 3 N–H and O–H groups in total. The molecule has 0 aliphatic carbocycles. The number of H-pyrrole nitrogens is 1. The van der Waals surface area contributed by atoms with Crippen molar-refractivity contribution in [2.45, 2.75) is 6.54 Å². The number of para-hydroxylation sites is 1. The van der Waals surface area contributed by atoms with Crippen LogP contribution < -0.4 is 10.6 Å². The lowest BCUT2D eigenvalue weighted by atomic mass is 10.0. The van der Waals surface area contributed by atoms with Crippen LogP contribution in [0.2, 0.25) is 0 Å². The van der Waals surface area contributed by atoms with Crippen molar-refractivity contribution in [2.24, 2.45) is 0 Å². The number of hydrogen-bond acceptors (Lipinski definition) is 3. The molecule has 0 saturated heterocycles. The molecule has 3 rings (SSSR count). The predicted molar refractivity (Wildman–Crippen MR) is 84.1 cm³/mol. The van der Waals surface area contributed by atoms with Crippen LogP contribution in [-0.2, 0) is 6.54 Å². The molecule has 3 aromatic rings. The maximum Gasteiger partial charge on any atom is 0.319 e. The van der Waals surface area contributed by atoms with E-state index in [9.17, 15) is 4.79 Å². The second-order valence-corrected chi connectivity index (χ2v) is 4.68. The molecule has 0 aliphatic heterocycles. The van der Waals surface area contributed by atoms with Crippen LogP contribution in [0.25, 0.3) is 11.1 Å². The van der Waals surface area contributed by atoms with Gasteiger partial charge in [0.2, 0.25) is 0 Å². The maximum atomic E-state index is 12.0. The van der Waals surface area contributed by atoms with Crippen LogP contribution >= 0.6 is 0 Å². The summed E-state index contributed by atoms with van der Waals surface area (Å²) < 4.78 is 0. The molecule has 22 heavy (non-hydrogen) atoms. The highest BCUT2D eigenvalue weighted by atomic mass is 16.2. The highest BCUT2D eigenvalue weighted by molar-refractivity contribution is 5.94. The van der Waals surface area contributed by atoms with E-state index in [1.807, 2.05) is 54.6 Å². The van der Waals surface area contributed by atoms with E-state index >= 15 is 0 Å². The quantitative estimate of drug-likeness (QED) is 0.691. The van der Waals surface area contributed by atoms with Crippen molar-refractivity contribution in [2.75, 3.05) is 5.32 Å². The molecule has 0 spiro atoms. The van der Waals surface area contributed by atoms with E-state index in [2.05, 4.69) is 26.0 Å². The average Bonchev–Trinajstić information content (AvgIpc) is 3.08. The molecule has 0 fully saturated rings. The lowest BCUT2D eigenvalue weighted by Crippen LogP contribution is -2.28. The summed E-state index contributed by atoms with van der Waals surface area (Å²) >= 11 is 0. The minimum absolute atomic E-state index is 0.286. The summed E-state index contributed by atoms with van der Waals surface area (Å²) in [6.45, 7) is 0.315. The number of aromatic amines is 1. The Kier molecular flexibility index (Phi) is 4.10. The number of benzene rings is 2.